The summed E-state index contributed by atoms with van der Waals surface area (Å²) in [6.45, 7) is 4.85. The normalized spacial score (nSPS) is 13.2. The molecule has 0 aliphatic carbocycles. The summed E-state index contributed by atoms with van der Waals surface area (Å²) in [6.07, 6.45) is -5.84. The van der Waals surface area contributed by atoms with Crippen molar-refractivity contribution in [3.63, 3.8) is 0 Å². The molecule has 0 radical (unpaired) electrons. The third-order valence-electron chi connectivity index (χ3n) is 5.78. The minimum atomic E-state index is -4.74. The van der Waals surface area contributed by atoms with E-state index in [-0.39, 0.29) is 4.47 Å². The van der Waals surface area contributed by atoms with Gasteiger partial charge in [0.2, 0.25) is 0 Å². The second kappa shape index (κ2) is 9.91. The van der Waals surface area contributed by atoms with Crippen LogP contribution in [0.3, 0.4) is 0 Å². The molecule has 0 aliphatic heterocycles. The molecule has 3 aromatic rings. The molecule has 34 heavy (non-hydrogen) atoms. The van der Waals surface area contributed by atoms with Gasteiger partial charge in [-0.1, -0.05) is 103 Å². The number of halogens is 6. The zero-order valence-electron chi connectivity index (χ0n) is 19.1. The average molecular weight is 557 g/mol. The van der Waals surface area contributed by atoms with E-state index in [2.05, 4.69) is 15.9 Å². The van der Waals surface area contributed by atoms with Crippen molar-refractivity contribution in [3.05, 3.63) is 94.5 Å². The molecule has 0 fully saturated rings. The first-order valence-corrected chi connectivity index (χ1v) is 13.5. The molecule has 0 saturated carbocycles. The molecular formula is C26H26BrF5OSi. The summed E-state index contributed by atoms with van der Waals surface area (Å²) in [5, 5.41) is 1.11. The zero-order valence-corrected chi connectivity index (χ0v) is 21.7. The monoisotopic (exact) mass is 556 g/mol. The molecule has 0 atom stereocenters. The highest BCUT2D eigenvalue weighted by Crippen LogP contribution is 2.40. The third-order valence-corrected chi connectivity index (χ3v) is 11.5. The lowest BCUT2D eigenvalue weighted by atomic mass is 10.0. The number of rotatable bonds is 7. The maximum absolute atomic E-state index is 15.3. The minimum absolute atomic E-state index is 0.00699. The summed E-state index contributed by atoms with van der Waals surface area (Å²) in [5.41, 5.74) is -1.56. The molecule has 0 aromatic heterocycles. The molecule has 3 rings (SSSR count). The number of hydrogen-bond acceptors (Lipinski definition) is 1. The molecule has 0 heterocycles. The first kappa shape index (κ1) is 26.6. The van der Waals surface area contributed by atoms with Gasteiger partial charge >= 0.3 is 6.18 Å². The Kier molecular flexibility index (Phi) is 7.75. The Balaban J connectivity index is 2.03. The van der Waals surface area contributed by atoms with Gasteiger partial charge in [-0.05, 0) is 33.1 Å². The Morgan fingerprint density at radius 2 is 1.24 bits per heavy atom. The van der Waals surface area contributed by atoms with Gasteiger partial charge in [0.05, 0.1) is 12.2 Å². The third kappa shape index (κ3) is 5.61. The molecule has 3 aromatic carbocycles. The van der Waals surface area contributed by atoms with Gasteiger partial charge in [-0.2, -0.15) is 13.2 Å². The predicted molar refractivity (Wildman–Crippen MR) is 131 cm³/mol. The van der Waals surface area contributed by atoms with Crippen LogP contribution in [0.4, 0.5) is 22.0 Å². The van der Waals surface area contributed by atoms with E-state index in [1.54, 1.807) is 0 Å². The topological polar surface area (TPSA) is 9.23 Å². The van der Waals surface area contributed by atoms with Crippen LogP contribution in [0.2, 0.25) is 5.04 Å². The molecule has 0 N–H and O–H groups in total. The highest BCUT2D eigenvalue weighted by molar-refractivity contribution is 9.10. The van der Waals surface area contributed by atoms with E-state index in [0.717, 1.165) is 16.4 Å². The van der Waals surface area contributed by atoms with Crippen LogP contribution in [0.25, 0.3) is 0 Å². The van der Waals surface area contributed by atoms with Crippen LogP contribution >= 0.6 is 15.9 Å². The smallest absolute Gasteiger partial charge is 0.401 e. The molecule has 0 spiro atoms. The maximum atomic E-state index is 15.3. The lowest BCUT2D eigenvalue weighted by Crippen LogP contribution is -2.67. The maximum Gasteiger partial charge on any atom is 0.416 e. The van der Waals surface area contributed by atoms with Gasteiger partial charge < -0.3 is 4.43 Å². The number of alkyl halides is 5. The summed E-state index contributed by atoms with van der Waals surface area (Å²) >= 11 is 3.02. The van der Waals surface area contributed by atoms with Crippen LogP contribution in [0.1, 0.15) is 31.9 Å². The van der Waals surface area contributed by atoms with Gasteiger partial charge in [0, 0.05) is 10.9 Å². The van der Waals surface area contributed by atoms with Gasteiger partial charge in [0.15, 0.2) is 0 Å². The van der Waals surface area contributed by atoms with Crippen LogP contribution in [0, 0.1) is 0 Å². The Bertz CT molecular complexity index is 1060. The zero-order chi connectivity index (χ0) is 25.2. The minimum Gasteiger partial charge on any atom is -0.401 e. The Morgan fingerprint density at radius 3 is 1.68 bits per heavy atom. The molecule has 0 amide bonds. The average Bonchev–Trinajstić information content (AvgIpc) is 2.75. The molecule has 1 nitrogen and oxygen atoms in total. The highest BCUT2D eigenvalue weighted by atomic mass is 79.9. The Hall–Kier alpha value is -2.03. The second-order valence-electron chi connectivity index (χ2n) is 9.25. The van der Waals surface area contributed by atoms with Crippen LogP contribution in [0.5, 0.6) is 0 Å². The van der Waals surface area contributed by atoms with E-state index in [1.165, 1.54) is 12.1 Å². The number of hydrogen-bond donors (Lipinski definition) is 0. The van der Waals surface area contributed by atoms with Gasteiger partial charge in [0.25, 0.3) is 14.2 Å². The van der Waals surface area contributed by atoms with E-state index in [9.17, 15) is 13.2 Å². The predicted octanol–water partition coefficient (Wildman–Crippen LogP) is 7.22. The summed E-state index contributed by atoms with van der Waals surface area (Å²) in [4.78, 5) is 0. The quantitative estimate of drug-likeness (QED) is 0.220. The summed E-state index contributed by atoms with van der Waals surface area (Å²) < 4.78 is 77.3. The molecule has 0 bridgehead atoms. The fourth-order valence-corrected chi connectivity index (χ4v) is 9.38. The summed E-state index contributed by atoms with van der Waals surface area (Å²) in [7, 11) is -3.25. The molecular weight excluding hydrogens is 531 g/mol. The lowest BCUT2D eigenvalue weighted by Gasteiger charge is -2.43. The van der Waals surface area contributed by atoms with Crippen LogP contribution in [-0.2, 0) is 17.0 Å². The van der Waals surface area contributed by atoms with Crippen molar-refractivity contribution < 1.29 is 26.4 Å². The van der Waals surface area contributed by atoms with Crippen LogP contribution in [-0.4, -0.2) is 20.8 Å². The summed E-state index contributed by atoms with van der Waals surface area (Å²) in [5.74, 6) is -3.53. The van der Waals surface area contributed by atoms with E-state index in [1.807, 2.05) is 81.4 Å². The largest absolute Gasteiger partial charge is 0.416 e. The first-order chi connectivity index (χ1) is 15.8. The van der Waals surface area contributed by atoms with Crippen molar-refractivity contribution >= 4 is 34.6 Å². The lowest BCUT2D eigenvalue weighted by molar-refractivity contribution is -0.139. The molecule has 0 saturated heterocycles. The SMILES string of the molecule is CC(C)(C)[Si](OCC(F)(F)Cc1c(Br)cccc1C(F)(F)F)(c1ccccc1)c1ccccc1. The summed E-state index contributed by atoms with van der Waals surface area (Å²) in [6, 6.07) is 21.9. The second-order valence-corrected chi connectivity index (χ2v) is 14.4. The van der Waals surface area contributed by atoms with E-state index >= 15 is 8.78 Å². The molecule has 0 aliphatic rings. The van der Waals surface area contributed by atoms with Crippen molar-refractivity contribution in [3.8, 4) is 0 Å². The van der Waals surface area contributed by atoms with Crippen molar-refractivity contribution in [2.45, 2.75) is 44.3 Å². The van der Waals surface area contributed by atoms with Crippen molar-refractivity contribution in [1.82, 2.24) is 0 Å². The number of benzene rings is 3. The fourth-order valence-electron chi connectivity index (χ4n) is 4.29. The Morgan fingerprint density at radius 1 is 0.735 bits per heavy atom. The Labute approximate surface area is 206 Å². The highest BCUT2D eigenvalue weighted by Gasteiger charge is 2.52. The molecule has 0 unspecified atom stereocenters. The van der Waals surface area contributed by atoms with E-state index in [0.29, 0.717) is 0 Å². The first-order valence-electron chi connectivity index (χ1n) is 10.8. The van der Waals surface area contributed by atoms with Gasteiger partial charge in [0.1, 0.15) is 0 Å². The molecule has 8 heteroatoms. The van der Waals surface area contributed by atoms with Crippen molar-refractivity contribution in [1.29, 1.82) is 0 Å². The van der Waals surface area contributed by atoms with Gasteiger partial charge in [-0.15, -0.1) is 0 Å². The van der Waals surface area contributed by atoms with Gasteiger partial charge in [-0.25, -0.2) is 8.78 Å². The fraction of sp³-hybridized carbons (Fsp3) is 0.308. The molecule has 182 valence electrons. The van der Waals surface area contributed by atoms with Crippen LogP contribution in [0.15, 0.2) is 83.3 Å². The van der Waals surface area contributed by atoms with E-state index in [4.69, 9.17) is 4.43 Å². The van der Waals surface area contributed by atoms with Crippen molar-refractivity contribution in [2.75, 3.05) is 6.61 Å². The van der Waals surface area contributed by atoms with Gasteiger partial charge in [-0.3, -0.25) is 0 Å². The van der Waals surface area contributed by atoms with Crippen LogP contribution < -0.4 is 10.4 Å². The van der Waals surface area contributed by atoms with Crippen molar-refractivity contribution in [2.24, 2.45) is 0 Å². The standard InChI is InChI=1S/C26H26BrF5OSi/c1-24(2,3)34(19-11-6-4-7-12-19,20-13-8-5-9-14-20)33-18-25(28,29)17-21-22(26(30,31)32)15-10-16-23(21)27/h4-16H,17-18H2,1-3H3. The van der Waals surface area contributed by atoms with E-state index < -0.39 is 49.6 Å².